The van der Waals surface area contributed by atoms with E-state index >= 15 is 0 Å². The molecular formula is C7H13I. The second kappa shape index (κ2) is 3.04. The topological polar surface area (TPSA) is 0 Å². The number of hydrogen-bond donors (Lipinski definition) is 0. The van der Waals surface area contributed by atoms with Crippen molar-refractivity contribution >= 4 is 22.6 Å². The third kappa shape index (κ3) is 1.36. The molecule has 48 valence electrons. The van der Waals surface area contributed by atoms with Gasteiger partial charge in [0.1, 0.15) is 0 Å². The summed E-state index contributed by atoms with van der Waals surface area (Å²) in [6, 6.07) is 0. The van der Waals surface area contributed by atoms with Gasteiger partial charge in [-0.2, -0.15) is 0 Å². The largest absolute Gasteiger partial charge is 0.0861 e. The van der Waals surface area contributed by atoms with Gasteiger partial charge in [-0.15, -0.1) is 0 Å². The molecule has 0 aliphatic heterocycles. The molecule has 1 saturated carbocycles. The SMILES string of the molecule is CC1CCCC1CI. The Balaban J connectivity index is 2.30. The molecule has 2 unspecified atom stereocenters. The van der Waals surface area contributed by atoms with E-state index in [0.29, 0.717) is 0 Å². The van der Waals surface area contributed by atoms with Crippen LogP contribution in [0.3, 0.4) is 0 Å². The van der Waals surface area contributed by atoms with Gasteiger partial charge in [-0.05, 0) is 18.3 Å². The lowest BCUT2D eigenvalue weighted by molar-refractivity contribution is 0.470. The molecular weight excluding hydrogens is 211 g/mol. The molecule has 1 heteroatoms. The number of rotatable bonds is 1. The van der Waals surface area contributed by atoms with Crippen LogP contribution in [0.1, 0.15) is 26.2 Å². The Hall–Kier alpha value is 0.730. The molecule has 0 nitrogen and oxygen atoms in total. The highest BCUT2D eigenvalue weighted by Crippen LogP contribution is 2.32. The average Bonchev–Trinajstić information content (AvgIpc) is 2.14. The predicted molar refractivity (Wildman–Crippen MR) is 45.4 cm³/mol. The Morgan fingerprint density at radius 2 is 2.25 bits per heavy atom. The van der Waals surface area contributed by atoms with Crippen molar-refractivity contribution in [1.29, 1.82) is 0 Å². The van der Waals surface area contributed by atoms with Gasteiger partial charge in [0, 0.05) is 4.43 Å². The highest BCUT2D eigenvalue weighted by Gasteiger charge is 2.21. The van der Waals surface area contributed by atoms with Crippen LogP contribution in [0.15, 0.2) is 0 Å². The van der Waals surface area contributed by atoms with Crippen molar-refractivity contribution in [3.05, 3.63) is 0 Å². The van der Waals surface area contributed by atoms with Crippen LogP contribution >= 0.6 is 22.6 Å². The zero-order valence-corrected chi connectivity index (χ0v) is 7.52. The molecule has 0 aromatic carbocycles. The van der Waals surface area contributed by atoms with E-state index in [4.69, 9.17) is 0 Å². The molecule has 0 amide bonds. The maximum absolute atomic E-state index is 2.50. The predicted octanol–water partition coefficient (Wildman–Crippen LogP) is 2.86. The van der Waals surface area contributed by atoms with Crippen LogP contribution in [0, 0.1) is 11.8 Å². The Morgan fingerprint density at radius 1 is 1.50 bits per heavy atom. The standard InChI is InChI=1S/C7H13I/c1-6-3-2-4-7(6)5-8/h6-7H,2-5H2,1H3. The Labute approximate surface area is 65.2 Å². The van der Waals surface area contributed by atoms with Crippen molar-refractivity contribution in [1.82, 2.24) is 0 Å². The third-order valence-corrected chi connectivity index (χ3v) is 3.37. The van der Waals surface area contributed by atoms with Gasteiger partial charge in [0.05, 0.1) is 0 Å². The monoisotopic (exact) mass is 224 g/mol. The summed E-state index contributed by atoms with van der Waals surface area (Å²) in [6.45, 7) is 2.39. The Bertz CT molecular complexity index is 70.8. The molecule has 0 bridgehead atoms. The maximum Gasteiger partial charge on any atom is 0.00262 e. The molecule has 1 rings (SSSR count). The van der Waals surface area contributed by atoms with E-state index in [0.717, 1.165) is 11.8 Å². The van der Waals surface area contributed by atoms with E-state index in [1.807, 2.05) is 0 Å². The van der Waals surface area contributed by atoms with Crippen LogP contribution in [0.2, 0.25) is 0 Å². The smallest absolute Gasteiger partial charge is 0.00262 e. The minimum Gasteiger partial charge on any atom is -0.0861 e. The minimum absolute atomic E-state index is 1.02. The molecule has 8 heavy (non-hydrogen) atoms. The number of hydrogen-bond acceptors (Lipinski definition) is 0. The summed E-state index contributed by atoms with van der Waals surface area (Å²) in [4.78, 5) is 0. The van der Waals surface area contributed by atoms with Gasteiger partial charge in [0.2, 0.25) is 0 Å². The van der Waals surface area contributed by atoms with Gasteiger partial charge in [0.15, 0.2) is 0 Å². The summed E-state index contributed by atoms with van der Waals surface area (Å²) in [5.74, 6) is 2.07. The maximum atomic E-state index is 2.50. The zero-order valence-electron chi connectivity index (χ0n) is 5.36. The van der Waals surface area contributed by atoms with Gasteiger partial charge in [-0.3, -0.25) is 0 Å². The first-order valence-corrected chi connectivity index (χ1v) is 4.93. The normalized spacial score (nSPS) is 38.2. The fourth-order valence-corrected chi connectivity index (χ4v) is 2.76. The third-order valence-electron chi connectivity index (χ3n) is 2.24. The molecule has 0 spiro atoms. The van der Waals surface area contributed by atoms with Crippen molar-refractivity contribution in [2.45, 2.75) is 26.2 Å². The molecule has 1 fully saturated rings. The minimum atomic E-state index is 1.02. The van der Waals surface area contributed by atoms with Gasteiger partial charge >= 0.3 is 0 Å². The van der Waals surface area contributed by atoms with E-state index in [9.17, 15) is 0 Å². The summed E-state index contributed by atoms with van der Waals surface area (Å²) < 4.78 is 1.37. The highest BCUT2D eigenvalue weighted by atomic mass is 127. The van der Waals surface area contributed by atoms with Crippen molar-refractivity contribution in [2.75, 3.05) is 4.43 Å². The lowest BCUT2D eigenvalue weighted by Gasteiger charge is -2.09. The first-order chi connectivity index (χ1) is 3.84. The summed E-state index contributed by atoms with van der Waals surface area (Å²) in [6.07, 6.45) is 4.45. The van der Waals surface area contributed by atoms with Crippen LogP contribution < -0.4 is 0 Å². The first kappa shape index (κ1) is 6.84. The fraction of sp³-hybridized carbons (Fsp3) is 1.00. The summed E-state index contributed by atoms with van der Waals surface area (Å²) in [5.41, 5.74) is 0. The van der Waals surface area contributed by atoms with Crippen LogP contribution in [0.25, 0.3) is 0 Å². The fourth-order valence-electron chi connectivity index (χ4n) is 1.45. The van der Waals surface area contributed by atoms with E-state index in [-0.39, 0.29) is 0 Å². The summed E-state index contributed by atoms with van der Waals surface area (Å²) in [5, 5.41) is 0. The quantitative estimate of drug-likeness (QED) is 0.474. The van der Waals surface area contributed by atoms with Crippen molar-refractivity contribution in [3.8, 4) is 0 Å². The molecule has 1 aliphatic carbocycles. The molecule has 0 aromatic rings. The van der Waals surface area contributed by atoms with Gasteiger partial charge in [-0.1, -0.05) is 42.4 Å². The lowest BCUT2D eigenvalue weighted by atomic mass is 10.0. The van der Waals surface area contributed by atoms with Crippen molar-refractivity contribution < 1.29 is 0 Å². The molecule has 0 aromatic heterocycles. The van der Waals surface area contributed by atoms with Gasteiger partial charge < -0.3 is 0 Å². The number of halogens is 1. The lowest BCUT2D eigenvalue weighted by Crippen LogP contribution is -2.03. The van der Waals surface area contributed by atoms with E-state index < -0.39 is 0 Å². The molecule has 0 N–H and O–H groups in total. The Kier molecular flexibility index (Phi) is 2.60. The van der Waals surface area contributed by atoms with Crippen LogP contribution in [0.5, 0.6) is 0 Å². The summed E-state index contributed by atoms with van der Waals surface area (Å²) in [7, 11) is 0. The summed E-state index contributed by atoms with van der Waals surface area (Å²) >= 11 is 2.50. The van der Waals surface area contributed by atoms with Gasteiger partial charge in [0.25, 0.3) is 0 Å². The average molecular weight is 224 g/mol. The van der Waals surface area contributed by atoms with Crippen molar-refractivity contribution in [3.63, 3.8) is 0 Å². The molecule has 0 heterocycles. The van der Waals surface area contributed by atoms with Crippen LogP contribution in [-0.2, 0) is 0 Å². The first-order valence-electron chi connectivity index (χ1n) is 3.40. The van der Waals surface area contributed by atoms with Crippen LogP contribution in [0.4, 0.5) is 0 Å². The Morgan fingerprint density at radius 3 is 2.50 bits per heavy atom. The van der Waals surface area contributed by atoms with E-state index in [1.54, 1.807) is 0 Å². The van der Waals surface area contributed by atoms with Gasteiger partial charge in [-0.25, -0.2) is 0 Å². The van der Waals surface area contributed by atoms with E-state index in [1.165, 1.54) is 23.7 Å². The number of alkyl halides is 1. The zero-order chi connectivity index (χ0) is 5.98. The molecule has 2 atom stereocenters. The second-order valence-corrected chi connectivity index (χ2v) is 3.70. The molecule has 1 aliphatic rings. The molecule has 0 radical (unpaired) electrons. The second-order valence-electron chi connectivity index (χ2n) is 2.82. The highest BCUT2D eigenvalue weighted by molar-refractivity contribution is 14.1. The van der Waals surface area contributed by atoms with Crippen molar-refractivity contribution in [2.24, 2.45) is 11.8 Å². The van der Waals surface area contributed by atoms with Crippen LogP contribution in [-0.4, -0.2) is 4.43 Å². The molecule has 0 saturated heterocycles. The van der Waals surface area contributed by atoms with E-state index in [2.05, 4.69) is 29.5 Å².